The van der Waals surface area contributed by atoms with Crippen molar-refractivity contribution in [3.63, 3.8) is 0 Å². The van der Waals surface area contributed by atoms with Gasteiger partial charge in [0.1, 0.15) is 5.82 Å². The molecule has 1 N–H and O–H groups in total. The number of non-ortho nitro benzene ring substituents is 1. The number of halogens is 1. The highest BCUT2D eigenvalue weighted by atomic mass is 19.1. The Morgan fingerprint density at radius 1 is 1.11 bits per heavy atom. The summed E-state index contributed by atoms with van der Waals surface area (Å²) >= 11 is 0. The van der Waals surface area contributed by atoms with Crippen LogP contribution in [0.25, 0.3) is 0 Å². The molecule has 0 radical (unpaired) electrons. The van der Waals surface area contributed by atoms with Gasteiger partial charge in [0.05, 0.1) is 16.3 Å². The summed E-state index contributed by atoms with van der Waals surface area (Å²) in [4.78, 5) is 27.8. The van der Waals surface area contributed by atoms with Crippen LogP contribution in [0.15, 0.2) is 30.3 Å². The Morgan fingerprint density at radius 2 is 1.71 bits per heavy atom. The topological polar surface area (TPSA) is 78.7 Å². The lowest BCUT2D eigenvalue weighted by atomic mass is 10.1. The van der Waals surface area contributed by atoms with Crippen LogP contribution in [0.1, 0.15) is 21.5 Å². The van der Waals surface area contributed by atoms with Crippen molar-refractivity contribution in [2.24, 2.45) is 0 Å². The van der Waals surface area contributed by atoms with E-state index in [1.807, 2.05) is 7.05 Å². The van der Waals surface area contributed by atoms with Crippen LogP contribution < -0.4 is 10.2 Å². The highest BCUT2D eigenvalue weighted by molar-refractivity contribution is 6.06. The minimum atomic E-state index is -0.490. The maximum atomic E-state index is 13.9. The number of carbonyl (C=O) groups is 1. The summed E-state index contributed by atoms with van der Waals surface area (Å²) < 4.78 is 13.9. The van der Waals surface area contributed by atoms with Gasteiger partial charge in [-0.1, -0.05) is 0 Å². The van der Waals surface area contributed by atoms with E-state index < -0.39 is 10.8 Å². The largest absolute Gasteiger partial charge is 0.367 e. The van der Waals surface area contributed by atoms with E-state index in [1.54, 1.807) is 19.9 Å². The molecular weight excluding hydrogens is 363 g/mol. The molecule has 3 rings (SSSR count). The standard InChI is InChI=1S/C20H23FN4O3/c1-13-10-15(11-14(2)19(13)21)20(26)22-17-12-16(25(27)28)4-5-18(17)24-8-6-23(3)7-9-24/h4-5,10-12H,6-9H2,1-3H3,(H,22,26). The first-order valence-electron chi connectivity index (χ1n) is 9.06. The number of hydrogen-bond acceptors (Lipinski definition) is 5. The van der Waals surface area contributed by atoms with E-state index in [-0.39, 0.29) is 11.5 Å². The van der Waals surface area contributed by atoms with Gasteiger partial charge < -0.3 is 15.1 Å². The first kappa shape index (κ1) is 19.8. The van der Waals surface area contributed by atoms with Crippen LogP contribution in [-0.4, -0.2) is 49.0 Å². The number of hydrogen-bond donors (Lipinski definition) is 1. The Morgan fingerprint density at radius 3 is 2.29 bits per heavy atom. The summed E-state index contributed by atoms with van der Waals surface area (Å²) in [6, 6.07) is 7.43. The number of nitro benzene ring substituents is 1. The zero-order valence-electron chi connectivity index (χ0n) is 16.2. The molecule has 0 spiro atoms. The van der Waals surface area contributed by atoms with Gasteiger partial charge in [0.25, 0.3) is 11.6 Å². The van der Waals surface area contributed by atoms with Crippen LogP contribution in [0.2, 0.25) is 0 Å². The van der Waals surface area contributed by atoms with Crippen molar-refractivity contribution in [1.82, 2.24) is 4.90 Å². The Bertz CT molecular complexity index is 901. The second-order valence-corrected chi connectivity index (χ2v) is 7.13. The van der Waals surface area contributed by atoms with E-state index in [9.17, 15) is 19.3 Å². The van der Waals surface area contributed by atoms with Gasteiger partial charge in [0.2, 0.25) is 0 Å². The molecule has 1 heterocycles. The van der Waals surface area contributed by atoms with Crippen LogP contribution in [-0.2, 0) is 0 Å². The number of likely N-dealkylation sites (N-methyl/N-ethyl adjacent to an activating group) is 1. The zero-order chi connectivity index (χ0) is 20.4. The molecule has 28 heavy (non-hydrogen) atoms. The Labute approximate surface area is 162 Å². The fourth-order valence-electron chi connectivity index (χ4n) is 3.33. The van der Waals surface area contributed by atoms with Crippen molar-refractivity contribution < 1.29 is 14.1 Å². The van der Waals surface area contributed by atoms with Crippen LogP contribution in [0.4, 0.5) is 21.5 Å². The maximum Gasteiger partial charge on any atom is 0.271 e. The van der Waals surface area contributed by atoms with Crippen LogP contribution in [0.5, 0.6) is 0 Å². The van der Waals surface area contributed by atoms with Crippen molar-refractivity contribution in [3.05, 3.63) is 63.0 Å². The SMILES string of the molecule is Cc1cc(C(=O)Nc2cc([N+](=O)[O-])ccc2N2CCN(C)CC2)cc(C)c1F. The molecule has 1 fully saturated rings. The van der Waals surface area contributed by atoms with E-state index in [4.69, 9.17) is 0 Å². The summed E-state index contributed by atoms with van der Waals surface area (Å²) in [6.07, 6.45) is 0. The molecule has 8 heteroatoms. The first-order chi connectivity index (χ1) is 13.3. The van der Waals surface area contributed by atoms with Gasteiger partial charge >= 0.3 is 0 Å². The van der Waals surface area contributed by atoms with Crippen molar-refractivity contribution in [1.29, 1.82) is 0 Å². The summed E-state index contributed by atoms with van der Waals surface area (Å²) in [5, 5.41) is 14.0. The van der Waals surface area contributed by atoms with E-state index in [0.29, 0.717) is 22.4 Å². The fraction of sp³-hybridized carbons (Fsp3) is 0.350. The number of aryl methyl sites for hydroxylation is 2. The highest BCUT2D eigenvalue weighted by Crippen LogP contribution is 2.31. The summed E-state index contributed by atoms with van der Waals surface area (Å²) in [7, 11) is 2.04. The second kappa shape index (κ2) is 7.93. The summed E-state index contributed by atoms with van der Waals surface area (Å²) in [5.41, 5.74) is 2.09. The number of piperazine rings is 1. The number of amides is 1. The molecule has 0 aliphatic carbocycles. The number of nitro groups is 1. The van der Waals surface area contributed by atoms with Gasteiger partial charge in [-0.05, 0) is 50.2 Å². The van der Waals surface area contributed by atoms with Crippen molar-refractivity contribution in [2.45, 2.75) is 13.8 Å². The lowest BCUT2D eigenvalue weighted by Crippen LogP contribution is -2.44. The molecular formula is C20H23FN4O3. The molecule has 1 aliphatic rings. The zero-order valence-corrected chi connectivity index (χ0v) is 16.2. The Kier molecular flexibility index (Phi) is 5.60. The number of benzene rings is 2. The van der Waals surface area contributed by atoms with Gasteiger partial charge in [0.15, 0.2) is 0 Å². The summed E-state index contributed by atoms with van der Waals surface area (Å²) in [6.45, 7) is 6.43. The maximum absolute atomic E-state index is 13.9. The molecule has 148 valence electrons. The number of rotatable bonds is 4. The minimum Gasteiger partial charge on any atom is -0.367 e. The molecule has 1 saturated heterocycles. The van der Waals surface area contributed by atoms with Gasteiger partial charge in [-0.25, -0.2) is 4.39 Å². The predicted molar refractivity (Wildman–Crippen MR) is 107 cm³/mol. The molecule has 0 bridgehead atoms. The quantitative estimate of drug-likeness (QED) is 0.644. The van der Waals surface area contributed by atoms with E-state index in [1.165, 1.54) is 24.3 Å². The number of carbonyl (C=O) groups excluding carboxylic acids is 1. The first-order valence-corrected chi connectivity index (χ1v) is 9.06. The lowest BCUT2D eigenvalue weighted by molar-refractivity contribution is -0.384. The third-order valence-electron chi connectivity index (χ3n) is 4.98. The molecule has 2 aromatic rings. The molecule has 0 saturated carbocycles. The molecule has 2 aromatic carbocycles. The van der Waals surface area contributed by atoms with Gasteiger partial charge in [0, 0.05) is 43.9 Å². The Balaban J connectivity index is 1.93. The monoisotopic (exact) mass is 386 g/mol. The average Bonchev–Trinajstić information content (AvgIpc) is 2.66. The van der Waals surface area contributed by atoms with Gasteiger partial charge in [-0.3, -0.25) is 14.9 Å². The molecule has 1 aliphatic heterocycles. The van der Waals surface area contributed by atoms with Crippen molar-refractivity contribution in [2.75, 3.05) is 43.4 Å². The minimum absolute atomic E-state index is 0.0976. The normalized spacial score (nSPS) is 14.8. The number of anilines is 2. The van der Waals surface area contributed by atoms with E-state index in [2.05, 4.69) is 15.1 Å². The highest BCUT2D eigenvalue weighted by Gasteiger charge is 2.21. The van der Waals surface area contributed by atoms with Crippen molar-refractivity contribution >= 4 is 23.0 Å². The second-order valence-electron chi connectivity index (χ2n) is 7.13. The van der Waals surface area contributed by atoms with E-state index in [0.717, 1.165) is 31.9 Å². The van der Waals surface area contributed by atoms with Crippen LogP contribution in [0.3, 0.4) is 0 Å². The molecule has 0 aromatic heterocycles. The van der Waals surface area contributed by atoms with Crippen molar-refractivity contribution in [3.8, 4) is 0 Å². The van der Waals surface area contributed by atoms with Crippen LogP contribution in [0, 0.1) is 29.8 Å². The molecule has 1 amide bonds. The van der Waals surface area contributed by atoms with E-state index >= 15 is 0 Å². The lowest BCUT2D eigenvalue weighted by Gasteiger charge is -2.35. The summed E-state index contributed by atoms with van der Waals surface area (Å²) in [5.74, 6) is -0.771. The molecule has 0 unspecified atom stereocenters. The van der Waals surface area contributed by atoms with Gasteiger partial charge in [-0.15, -0.1) is 0 Å². The number of nitrogens with zero attached hydrogens (tertiary/aromatic N) is 3. The van der Waals surface area contributed by atoms with Gasteiger partial charge in [-0.2, -0.15) is 0 Å². The third-order valence-corrected chi connectivity index (χ3v) is 4.98. The molecule has 7 nitrogen and oxygen atoms in total. The Hall–Kier alpha value is -3.00. The number of nitrogens with one attached hydrogen (secondary N) is 1. The third kappa shape index (κ3) is 4.12. The predicted octanol–water partition coefficient (Wildman–Crippen LogP) is 3.35. The fourth-order valence-corrected chi connectivity index (χ4v) is 3.33. The molecule has 0 atom stereocenters. The average molecular weight is 386 g/mol. The smallest absolute Gasteiger partial charge is 0.271 e. The van der Waals surface area contributed by atoms with Crippen LogP contribution >= 0.6 is 0 Å².